The standard InChI is InChI=1S/C24H36F3N3O5S/c1-28-10-6-18(7-11-28)19-8-12-30(13-9-19)23(31)17-35-15-14-29(2)36(32,33)22-5-4-20(34-3)16-21(22)24(25,26)27/h4-5,16,18-19H,6-15,17H2,1-3H3. The fraction of sp³-hybridized carbons (Fsp3) is 0.708. The second kappa shape index (κ2) is 12.1. The highest BCUT2D eigenvalue weighted by molar-refractivity contribution is 7.89. The van der Waals surface area contributed by atoms with Crippen LogP contribution in [0, 0.1) is 11.8 Å². The zero-order valence-electron chi connectivity index (χ0n) is 21.1. The Balaban J connectivity index is 1.46. The molecule has 0 spiro atoms. The van der Waals surface area contributed by atoms with Gasteiger partial charge in [0.1, 0.15) is 12.4 Å². The summed E-state index contributed by atoms with van der Waals surface area (Å²) in [5, 5.41) is 0. The van der Waals surface area contributed by atoms with E-state index >= 15 is 0 Å². The summed E-state index contributed by atoms with van der Waals surface area (Å²) in [5.74, 6) is 1.11. The SMILES string of the molecule is COc1ccc(S(=O)(=O)N(C)CCOCC(=O)N2CCC(C3CCN(C)CC3)CC2)c(C(F)(F)F)c1. The molecule has 2 heterocycles. The molecule has 1 amide bonds. The first-order valence-electron chi connectivity index (χ1n) is 12.2. The van der Waals surface area contributed by atoms with Crippen molar-refractivity contribution >= 4 is 15.9 Å². The Hall–Kier alpha value is -1.89. The highest BCUT2D eigenvalue weighted by atomic mass is 32.2. The molecule has 0 aliphatic carbocycles. The highest BCUT2D eigenvalue weighted by Crippen LogP contribution is 2.37. The zero-order valence-corrected chi connectivity index (χ0v) is 21.9. The van der Waals surface area contributed by atoms with Crippen LogP contribution in [0.25, 0.3) is 0 Å². The van der Waals surface area contributed by atoms with E-state index in [1.54, 1.807) is 4.90 Å². The summed E-state index contributed by atoms with van der Waals surface area (Å²) in [6.45, 7) is 3.11. The molecular formula is C24H36F3N3O5S. The van der Waals surface area contributed by atoms with E-state index in [-0.39, 0.29) is 31.4 Å². The van der Waals surface area contributed by atoms with Gasteiger partial charge in [-0.2, -0.15) is 17.5 Å². The van der Waals surface area contributed by atoms with Gasteiger partial charge in [0.15, 0.2) is 0 Å². The summed E-state index contributed by atoms with van der Waals surface area (Å²) in [6, 6.07) is 2.71. The van der Waals surface area contributed by atoms with E-state index in [1.807, 2.05) is 0 Å². The number of piperidine rings is 2. The molecule has 0 radical (unpaired) electrons. The van der Waals surface area contributed by atoms with Crippen LogP contribution in [0.1, 0.15) is 31.2 Å². The predicted molar refractivity (Wildman–Crippen MR) is 128 cm³/mol. The molecule has 1 aromatic carbocycles. The number of carbonyl (C=O) groups is 1. The molecule has 0 aromatic heterocycles. The van der Waals surface area contributed by atoms with Crippen LogP contribution >= 0.6 is 0 Å². The van der Waals surface area contributed by atoms with Crippen molar-refractivity contribution in [2.24, 2.45) is 11.8 Å². The van der Waals surface area contributed by atoms with Gasteiger partial charge >= 0.3 is 6.18 Å². The molecule has 0 bridgehead atoms. The zero-order chi connectivity index (χ0) is 26.5. The topological polar surface area (TPSA) is 79.4 Å². The largest absolute Gasteiger partial charge is 0.497 e. The molecule has 0 unspecified atom stereocenters. The quantitative estimate of drug-likeness (QED) is 0.453. The molecule has 0 saturated carbocycles. The van der Waals surface area contributed by atoms with Gasteiger partial charge in [-0.1, -0.05) is 0 Å². The van der Waals surface area contributed by atoms with Crippen molar-refractivity contribution in [1.29, 1.82) is 0 Å². The lowest BCUT2D eigenvalue weighted by Crippen LogP contribution is -2.43. The van der Waals surface area contributed by atoms with E-state index in [1.165, 1.54) is 33.1 Å². The molecular weight excluding hydrogens is 499 g/mol. The summed E-state index contributed by atoms with van der Waals surface area (Å²) in [7, 11) is 0.0824. The normalized spacial score (nSPS) is 19.1. The lowest BCUT2D eigenvalue weighted by Gasteiger charge is -2.39. The van der Waals surface area contributed by atoms with Gasteiger partial charge in [0.25, 0.3) is 0 Å². The summed E-state index contributed by atoms with van der Waals surface area (Å²) >= 11 is 0. The lowest BCUT2D eigenvalue weighted by atomic mass is 9.79. The molecule has 0 atom stereocenters. The number of amides is 1. The molecule has 1 aromatic rings. The van der Waals surface area contributed by atoms with Crippen LogP contribution in [0.15, 0.2) is 23.1 Å². The number of hydrogen-bond donors (Lipinski definition) is 0. The lowest BCUT2D eigenvalue weighted by molar-refractivity contribution is -0.140. The van der Waals surface area contributed by atoms with Crippen molar-refractivity contribution in [2.45, 2.75) is 36.8 Å². The number of alkyl halides is 3. The summed E-state index contributed by atoms with van der Waals surface area (Å²) in [5.41, 5.74) is -1.30. The average molecular weight is 536 g/mol. The minimum absolute atomic E-state index is 0.0962. The molecule has 0 N–H and O–H groups in total. The summed E-state index contributed by atoms with van der Waals surface area (Å²) < 4.78 is 77.0. The molecule has 12 heteroatoms. The third-order valence-corrected chi connectivity index (χ3v) is 9.19. The van der Waals surface area contributed by atoms with Crippen molar-refractivity contribution in [3.05, 3.63) is 23.8 Å². The Labute approximate surface area is 211 Å². The Kier molecular flexibility index (Phi) is 9.64. The minimum Gasteiger partial charge on any atom is -0.497 e. The molecule has 2 fully saturated rings. The van der Waals surface area contributed by atoms with Crippen molar-refractivity contribution in [1.82, 2.24) is 14.1 Å². The van der Waals surface area contributed by atoms with Crippen LogP contribution in [-0.2, 0) is 25.7 Å². The molecule has 2 aliphatic heterocycles. The van der Waals surface area contributed by atoms with Crippen molar-refractivity contribution in [2.75, 3.05) is 67.1 Å². The molecule has 36 heavy (non-hydrogen) atoms. The van der Waals surface area contributed by atoms with Gasteiger partial charge in [-0.25, -0.2) is 8.42 Å². The molecule has 2 saturated heterocycles. The average Bonchev–Trinajstić information content (AvgIpc) is 2.86. The van der Waals surface area contributed by atoms with E-state index in [9.17, 15) is 26.4 Å². The fourth-order valence-corrected chi connectivity index (χ4v) is 6.28. The first-order chi connectivity index (χ1) is 16.9. The maximum absolute atomic E-state index is 13.5. The van der Waals surface area contributed by atoms with Gasteiger partial charge in [0.2, 0.25) is 15.9 Å². The number of likely N-dealkylation sites (tertiary alicyclic amines) is 2. The number of halogens is 3. The van der Waals surface area contributed by atoms with E-state index in [0.717, 1.165) is 42.2 Å². The van der Waals surface area contributed by atoms with Gasteiger partial charge in [-0.05, 0) is 75.9 Å². The number of sulfonamides is 1. The van der Waals surface area contributed by atoms with Crippen LogP contribution in [0.5, 0.6) is 5.75 Å². The summed E-state index contributed by atoms with van der Waals surface area (Å²) in [6.07, 6.45) is -0.512. The van der Waals surface area contributed by atoms with Gasteiger partial charge in [-0.15, -0.1) is 0 Å². The highest BCUT2D eigenvalue weighted by Gasteiger charge is 2.39. The number of benzene rings is 1. The van der Waals surface area contributed by atoms with Crippen molar-refractivity contribution in [3.8, 4) is 5.75 Å². The Morgan fingerprint density at radius 3 is 2.22 bits per heavy atom. The Bertz CT molecular complexity index is 989. The van der Waals surface area contributed by atoms with E-state index < -0.39 is 26.7 Å². The first-order valence-corrected chi connectivity index (χ1v) is 13.6. The van der Waals surface area contributed by atoms with Gasteiger partial charge in [-0.3, -0.25) is 4.79 Å². The molecule has 2 aliphatic rings. The number of hydrogen-bond acceptors (Lipinski definition) is 6. The maximum atomic E-state index is 13.5. The van der Waals surface area contributed by atoms with Crippen LogP contribution in [-0.4, -0.2) is 95.6 Å². The smallest absolute Gasteiger partial charge is 0.417 e. The fourth-order valence-electron chi connectivity index (χ4n) is 4.93. The third kappa shape index (κ3) is 7.11. The second-order valence-electron chi connectivity index (χ2n) is 9.60. The van der Waals surface area contributed by atoms with E-state index in [2.05, 4.69) is 11.9 Å². The monoisotopic (exact) mass is 535 g/mol. The number of methoxy groups -OCH3 is 1. The second-order valence-corrected chi connectivity index (χ2v) is 11.6. The predicted octanol–water partition coefficient (Wildman–Crippen LogP) is 2.93. The van der Waals surface area contributed by atoms with Crippen LogP contribution in [0.3, 0.4) is 0 Å². The van der Waals surface area contributed by atoms with Crippen LogP contribution in [0.4, 0.5) is 13.2 Å². The third-order valence-electron chi connectivity index (χ3n) is 7.28. The number of carbonyl (C=O) groups excluding carboxylic acids is 1. The molecule has 8 nitrogen and oxygen atoms in total. The molecule has 204 valence electrons. The number of ether oxygens (including phenoxy) is 2. The van der Waals surface area contributed by atoms with Crippen molar-refractivity contribution < 1.29 is 35.9 Å². The summed E-state index contributed by atoms with van der Waals surface area (Å²) in [4.78, 5) is 15.8. The minimum atomic E-state index is -4.87. The Morgan fingerprint density at radius 2 is 1.67 bits per heavy atom. The van der Waals surface area contributed by atoms with Crippen LogP contribution < -0.4 is 4.74 Å². The number of likely N-dealkylation sites (N-methyl/N-ethyl adjacent to an activating group) is 1. The van der Waals surface area contributed by atoms with Gasteiger partial charge < -0.3 is 19.3 Å². The number of rotatable bonds is 9. The maximum Gasteiger partial charge on any atom is 0.417 e. The van der Waals surface area contributed by atoms with Crippen LogP contribution in [0.2, 0.25) is 0 Å². The van der Waals surface area contributed by atoms with E-state index in [4.69, 9.17) is 9.47 Å². The van der Waals surface area contributed by atoms with Crippen molar-refractivity contribution in [3.63, 3.8) is 0 Å². The first kappa shape index (κ1) is 28.7. The molecule has 3 rings (SSSR count). The number of nitrogens with zero attached hydrogens (tertiary/aromatic N) is 3. The Morgan fingerprint density at radius 1 is 1.08 bits per heavy atom. The van der Waals surface area contributed by atoms with E-state index in [0.29, 0.717) is 25.1 Å². The van der Waals surface area contributed by atoms with Gasteiger partial charge in [0.05, 0.1) is 24.2 Å². The van der Waals surface area contributed by atoms with Gasteiger partial charge in [0, 0.05) is 26.7 Å².